The molecule has 3 heterocycles. The number of ether oxygens (including phenoxy) is 1. The number of aliphatic hydroxyl groups excluding tert-OH is 1. The number of hydrogen-bond donors (Lipinski definition) is 2. The summed E-state index contributed by atoms with van der Waals surface area (Å²) in [6, 6.07) is 3.72. The maximum atomic E-state index is 12.5. The highest BCUT2D eigenvalue weighted by Gasteiger charge is 2.27. The smallest absolute Gasteiger partial charge is 0.322 e. The van der Waals surface area contributed by atoms with E-state index in [1.807, 2.05) is 25.4 Å². The zero-order valence-electron chi connectivity index (χ0n) is 15.5. The Labute approximate surface area is 157 Å². The lowest BCUT2D eigenvalue weighted by molar-refractivity contribution is 0.0949. The SMILES string of the molecule is COc1ccc(-c2cnn(C)c2)c2c1CC(NC(=O)N1CCC(O)CC1)=N2. The van der Waals surface area contributed by atoms with Crippen molar-refractivity contribution < 1.29 is 14.6 Å². The van der Waals surface area contributed by atoms with Crippen LogP contribution >= 0.6 is 0 Å². The molecule has 2 aliphatic heterocycles. The van der Waals surface area contributed by atoms with Gasteiger partial charge in [-0.15, -0.1) is 0 Å². The van der Waals surface area contributed by atoms with E-state index >= 15 is 0 Å². The van der Waals surface area contributed by atoms with Crippen molar-refractivity contribution in [2.45, 2.75) is 25.4 Å². The van der Waals surface area contributed by atoms with Crippen LogP contribution in [-0.2, 0) is 13.5 Å². The van der Waals surface area contributed by atoms with Crippen LogP contribution in [0.5, 0.6) is 5.75 Å². The molecule has 1 aromatic carbocycles. The number of methoxy groups -OCH3 is 1. The number of amides is 2. The largest absolute Gasteiger partial charge is 0.496 e. The summed E-state index contributed by atoms with van der Waals surface area (Å²) in [5, 5.41) is 16.8. The lowest BCUT2D eigenvalue weighted by atomic mass is 10.0. The van der Waals surface area contributed by atoms with Gasteiger partial charge in [0.2, 0.25) is 0 Å². The van der Waals surface area contributed by atoms with E-state index in [0.717, 1.165) is 28.1 Å². The van der Waals surface area contributed by atoms with Crippen LogP contribution in [0, 0.1) is 0 Å². The van der Waals surface area contributed by atoms with Crippen LogP contribution in [0.1, 0.15) is 18.4 Å². The van der Waals surface area contributed by atoms with Gasteiger partial charge in [-0.1, -0.05) is 0 Å². The predicted octanol–water partition coefficient (Wildman–Crippen LogP) is 1.85. The molecule has 1 saturated heterocycles. The third-order valence-electron chi connectivity index (χ3n) is 5.07. The van der Waals surface area contributed by atoms with E-state index < -0.39 is 0 Å². The molecule has 0 spiro atoms. The Morgan fingerprint density at radius 3 is 2.78 bits per heavy atom. The predicted molar refractivity (Wildman–Crippen MR) is 101 cm³/mol. The van der Waals surface area contributed by atoms with E-state index in [0.29, 0.717) is 38.2 Å². The standard InChI is InChI=1S/C19H23N5O3/c1-23-11-12(10-20-23)14-3-4-16(27-2)15-9-17(21-18(14)15)22-19(26)24-7-5-13(25)6-8-24/h3-4,10-11,13,25H,5-9H2,1-2H3,(H,21,22,26). The van der Waals surface area contributed by atoms with Gasteiger partial charge in [0.25, 0.3) is 0 Å². The minimum absolute atomic E-state index is 0.171. The van der Waals surface area contributed by atoms with E-state index in [4.69, 9.17) is 4.74 Å². The molecular formula is C19H23N5O3. The summed E-state index contributed by atoms with van der Waals surface area (Å²) < 4.78 is 7.24. The second-order valence-corrected chi connectivity index (χ2v) is 6.93. The summed E-state index contributed by atoms with van der Waals surface area (Å²) in [7, 11) is 3.51. The number of aryl methyl sites for hydroxylation is 1. The molecule has 1 fully saturated rings. The van der Waals surface area contributed by atoms with Gasteiger partial charge in [-0.3, -0.25) is 10.00 Å². The first-order chi connectivity index (χ1) is 13.0. The van der Waals surface area contributed by atoms with Gasteiger partial charge < -0.3 is 14.7 Å². The van der Waals surface area contributed by atoms with Crippen molar-refractivity contribution >= 4 is 17.6 Å². The number of piperidine rings is 1. The molecule has 2 amide bonds. The Morgan fingerprint density at radius 2 is 2.11 bits per heavy atom. The highest BCUT2D eigenvalue weighted by molar-refractivity contribution is 6.04. The Morgan fingerprint density at radius 1 is 1.33 bits per heavy atom. The minimum Gasteiger partial charge on any atom is -0.496 e. The number of rotatable bonds is 2. The Kier molecular flexibility index (Phi) is 4.57. The molecule has 8 heteroatoms. The van der Waals surface area contributed by atoms with Crippen molar-refractivity contribution in [2.24, 2.45) is 12.0 Å². The Hall–Kier alpha value is -2.87. The zero-order chi connectivity index (χ0) is 19.0. The van der Waals surface area contributed by atoms with Gasteiger partial charge in [-0.05, 0) is 25.0 Å². The lowest BCUT2D eigenvalue weighted by Gasteiger charge is -2.29. The van der Waals surface area contributed by atoms with E-state index in [1.54, 1.807) is 22.9 Å². The summed E-state index contributed by atoms with van der Waals surface area (Å²) in [5.74, 6) is 1.36. The summed E-state index contributed by atoms with van der Waals surface area (Å²) >= 11 is 0. The van der Waals surface area contributed by atoms with Gasteiger partial charge in [-0.25, -0.2) is 9.79 Å². The van der Waals surface area contributed by atoms with Crippen LogP contribution in [0.4, 0.5) is 10.5 Å². The number of urea groups is 1. The first-order valence-corrected chi connectivity index (χ1v) is 9.05. The first kappa shape index (κ1) is 17.5. The fourth-order valence-corrected chi connectivity index (χ4v) is 3.59. The van der Waals surface area contributed by atoms with Gasteiger partial charge in [0.05, 0.1) is 25.1 Å². The number of nitrogens with zero attached hydrogens (tertiary/aromatic N) is 4. The third kappa shape index (κ3) is 3.40. The van der Waals surface area contributed by atoms with Gasteiger partial charge in [0.15, 0.2) is 0 Å². The first-order valence-electron chi connectivity index (χ1n) is 9.05. The molecule has 0 radical (unpaired) electrons. The number of amidine groups is 1. The number of aliphatic imine (C=N–C) groups is 1. The Bertz CT molecular complexity index is 897. The number of nitrogens with one attached hydrogen (secondary N) is 1. The topological polar surface area (TPSA) is 92.0 Å². The van der Waals surface area contributed by atoms with Crippen LogP contribution in [0.15, 0.2) is 29.5 Å². The van der Waals surface area contributed by atoms with Crippen LogP contribution in [-0.4, -0.2) is 58.0 Å². The zero-order valence-corrected chi connectivity index (χ0v) is 15.5. The van der Waals surface area contributed by atoms with Crippen molar-refractivity contribution in [1.29, 1.82) is 0 Å². The maximum absolute atomic E-state index is 12.5. The quantitative estimate of drug-likeness (QED) is 0.845. The highest BCUT2D eigenvalue weighted by atomic mass is 16.5. The van der Waals surface area contributed by atoms with Crippen molar-refractivity contribution in [3.8, 4) is 16.9 Å². The number of likely N-dealkylation sites (tertiary alicyclic amines) is 1. The average molecular weight is 369 g/mol. The molecule has 8 nitrogen and oxygen atoms in total. The van der Waals surface area contributed by atoms with E-state index in [1.165, 1.54) is 0 Å². The summed E-state index contributed by atoms with van der Waals surface area (Å²) in [5.41, 5.74) is 3.71. The van der Waals surface area contributed by atoms with Crippen molar-refractivity contribution in [3.05, 3.63) is 30.1 Å². The summed E-state index contributed by atoms with van der Waals surface area (Å²) in [6.45, 7) is 1.11. The molecule has 0 unspecified atom stereocenters. The summed E-state index contributed by atoms with van der Waals surface area (Å²) in [6.07, 6.45) is 5.15. The van der Waals surface area contributed by atoms with Gasteiger partial charge in [-0.2, -0.15) is 5.10 Å². The molecule has 27 heavy (non-hydrogen) atoms. The normalized spacial score (nSPS) is 16.9. The van der Waals surface area contributed by atoms with Gasteiger partial charge in [0.1, 0.15) is 11.6 Å². The fraction of sp³-hybridized carbons (Fsp3) is 0.421. The van der Waals surface area contributed by atoms with E-state index in [2.05, 4.69) is 15.4 Å². The lowest BCUT2D eigenvalue weighted by Crippen LogP contribution is -2.47. The van der Waals surface area contributed by atoms with Gasteiger partial charge in [0, 0.05) is 49.4 Å². The van der Waals surface area contributed by atoms with E-state index in [-0.39, 0.29) is 12.1 Å². The molecule has 4 rings (SSSR count). The molecule has 2 N–H and O–H groups in total. The number of benzene rings is 1. The average Bonchev–Trinajstić information content (AvgIpc) is 3.27. The maximum Gasteiger partial charge on any atom is 0.322 e. The molecule has 2 aliphatic rings. The molecule has 0 aliphatic carbocycles. The van der Waals surface area contributed by atoms with Crippen LogP contribution < -0.4 is 10.1 Å². The molecule has 1 aromatic heterocycles. The van der Waals surface area contributed by atoms with Crippen molar-refractivity contribution in [2.75, 3.05) is 20.2 Å². The molecule has 0 bridgehead atoms. The van der Waals surface area contributed by atoms with Crippen LogP contribution in [0.2, 0.25) is 0 Å². The Balaban J connectivity index is 1.58. The number of carbonyl (C=O) groups is 1. The summed E-state index contributed by atoms with van der Waals surface area (Å²) in [4.78, 5) is 18.9. The fourth-order valence-electron chi connectivity index (χ4n) is 3.59. The second kappa shape index (κ2) is 7.03. The number of aromatic nitrogens is 2. The van der Waals surface area contributed by atoms with Crippen molar-refractivity contribution in [1.82, 2.24) is 20.0 Å². The number of carbonyl (C=O) groups excluding carboxylic acids is 1. The highest BCUT2D eigenvalue weighted by Crippen LogP contribution is 2.41. The molecule has 142 valence electrons. The van der Waals surface area contributed by atoms with Crippen LogP contribution in [0.25, 0.3) is 11.1 Å². The monoisotopic (exact) mass is 369 g/mol. The molecule has 2 aromatic rings. The van der Waals surface area contributed by atoms with Crippen molar-refractivity contribution in [3.63, 3.8) is 0 Å². The molecular weight excluding hydrogens is 346 g/mol. The minimum atomic E-state index is -0.312. The molecule has 0 atom stereocenters. The number of hydrogen-bond acceptors (Lipinski definition) is 5. The second-order valence-electron chi connectivity index (χ2n) is 6.93. The van der Waals surface area contributed by atoms with Gasteiger partial charge >= 0.3 is 6.03 Å². The van der Waals surface area contributed by atoms with E-state index in [9.17, 15) is 9.90 Å². The molecule has 0 saturated carbocycles. The van der Waals surface area contributed by atoms with Crippen LogP contribution in [0.3, 0.4) is 0 Å². The number of aliphatic hydroxyl groups is 1. The third-order valence-corrected chi connectivity index (χ3v) is 5.07. The number of fused-ring (bicyclic) bond motifs is 1.